The first-order chi connectivity index (χ1) is 7.14. The number of hydrogen-bond donors (Lipinski definition) is 0. The predicted octanol–water partition coefficient (Wildman–Crippen LogP) is 2.08. The minimum absolute atomic E-state index is 0.0102. The fraction of sp³-hybridized carbons (Fsp3) is 0.364. The van der Waals surface area contributed by atoms with Crippen molar-refractivity contribution >= 4 is 28.3 Å². The van der Waals surface area contributed by atoms with Crippen LogP contribution in [0.1, 0.15) is 17.3 Å². The van der Waals surface area contributed by atoms with Crippen LogP contribution in [0.2, 0.25) is 0 Å². The number of hydrogen-bond acceptors (Lipinski definition) is 3. The molecule has 2 rings (SSSR count). The van der Waals surface area contributed by atoms with E-state index in [9.17, 15) is 9.00 Å². The molecule has 0 radical (unpaired) electrons. The monoisotopic (exact) mass is 240 g/mol. The molecule has 1 aromatic carbocycles. The second-order valence-electron chi connectivity index (χ2n) is 3.54. The van der Waals surface area contributed by atoms with E-state index in [2.05, 4.69) is 0 Å². The number of thioether (sulfide) groups is 1. The summed E-state index contributed by atoms with van der Waals surface area (Å²) in [4.78, 5) is 12.2. The van der Waals surface area contributed by atoms with E-state index in [1.54, 1.807) is 19.1 Å². The fourth-order valence-corrected chi connectivity index (χ4v) is 4.91. The van der Waals surface area contributed by atoms with Gasteiger partial charge in [0, 0.05) is 27.9 Å². The summed E-state index contributed by atoms with van der Waals surface area (Å²) in [6.45, 7) is 1.79. The molecule has 2 nitrogen and oxygen atoms in total. The van der Waals surface area contributed by atoms with Gasteiger partial charge in [0.15, 0.2) is 9.86 Å². The molecule has 0 amide bonds. The maximum atomic E-state index is 12.2. The van der Waals surface area contributed by atoms with Crippen LogP contribution in [-0.4, -0.2) is 25.6 Å². The highest BCUT2D eigenvalue weighted by molar-refractivity contribution is 8.16. The second kappa shape index (κ2) is 4.10. The molecule has 0 spiro atoms. The van der Waals surface area contributed by atoms with Gasteiger partial charge in [-0.05, 0) is 6.92 Å². The molecule has 0 aromatic heterocycles. The molecule has 1 aliphatic rings. The maximum absolute atomic E-state index is 12.2. The van der Waals surface area contributed by atoms with Crippen molar-refractivity contribution in [1.82, 2.24) is 0 Å². The number of carbonyl (C=O) groups is 1. The Morgan fingerprint density at radius 1 is 1.40 bits per heavy atom. The van der Waals surface area contributed by atoms with Crippen molar-refractivity contribution in [2.24, 2.45) is 0 Å². The van der Waals surface area contributed by atoms with E-state index in [1.165, 1.54) is 11.8 Å². The predicted molar refractivity (Wildman–Crippen MR) is 64.6 cm³/mol. The van der Waals surface area contributed by atoms with Crippen molar-refractivity contribution in [2.75, 3.05) is 11.5 Å². The summed E-state index contributed by atoms with van der Waals surface area (Å²) < 4.78 is 11.0. The van der Waals surface area contributed by atoms with Crippen LogP contribution in [-0.2, 0) is 10.8 Å². The van der Waals surface area contributed by atoms with Crippen molar-refractivity contribution < 1.29 is 9.00 Å². The van der Waals surface area contributed by atoms with Gasteiger partial charge >= 0.3 is 0 Å². The summed E-state index contributed by atoms with van der Waals surface area (Å²) in [6, 6.07) is 9.10. The van der Waals surface area contributed by atoms with Crippen LogP contribution >= 0.6 is 11.8 Å². The summed E-state index contributed by atoms with van der Waals surface area (Å²) >= 11 is 1.51. The molecule has 0 saturated carbocycles. The molecule has 1 aromatic rings. The lowest BCUT2D eigenvalue weighted by Crippen LogP contribution is -2.33. The Labute approximate surface area is 95.9 Å². The zero-order valence-electron chi connectivity index (χ0n) is 8.43. The SMILES string of the molecule is C[C@@]1(C(=O)c2ccccc2)SCCS1=O. The number of carbonyl (C=O) groups excluding carboxylic acids is 1. The van der Waals surface area contributed by atoms with E-state index in [4.69, 9.17) is 0 Å². The molecule has 80 valence electrons. The quantitative estimate of drug-likeness (QED) is 0.742. The highest BCUT2D eigenvalue weighted by Gasteiger charge is 2.44. The standard InChI is InChI=1S/C11H12O2S2/c1-11(14-7-8-15(11)13)10(12)9-5-3-2-4-6-9/h2-6H,7-8H2,1H3/t11-,15?/m1/s1. The minimum atomic E-state index is -1.04. The molecule has 2 atom stereocenters. The molecular formula is C11H12O2S2. The molecule has 4 heteroatoms. The van der Waals surface area contributed by atoms with Gasteiger partial charge in [0.05, 0.1) is 0 Å². The smallest absolute Gasteiger partial charge is 0.191 e. The zero-order valence-corrected chi connectivity index (χ0v) is 10.1. The largest absolute Gasteiger partial charge is 0.292 e. The van der Waals surface area contributed by atoms with Crippen LogP contribution in [0.25, 0.3) is 0 Å². The average Bonchev–Trinajstić information content (AvgIpc) is 2.61. The molecule has 0 bridgehead atoms. The van der Waals surface area contributed by atoms with E-state index in [0.29, 0.717) is 11.3 Å². The molecule has 1 heterocycles. The zero-order chi connectivity index (χ0) is 10.9. The highest BCUT2D eigenvalue weighted by atomic mass is 32.2. The van der Waals surface area contributed by atoms with Gasteiger partial charge in [-0.1, -0.05) is 30.3 Å². The minimum Gasteiger partial charge on any atom is -0.292 e. The summed E-state index contributed by atoms with van der Waals surface area (Å²) in [6.07, 6.45) is 0. The summed E-state index contributed by atoms with van der Waals surface area (Å²) in [5, 5.41) is 0. The molecule has 1 fully saturated rings. The van der Waals surface area contributed by atoms with Crippen molar-refractivity contribution in [1.29, 1.82) is 0 Å². The van der Waals surface area contributed by atoms with E-state index in [1.807, 2.05) is 18.2 Å². The first kappa shape index (κ1) is 10.9. The molecule has 1 saturated heterocycles. The fourth-order valence-electron chi connectivity index (χ4n) is 1.59. The number of benzene rings is 1. The van der Waals surface area contributed by atoms with Crippen LogP contribution in [0, 0.1) is 0 Å². The first-order valence-corrected chi connectivity index (χ1v) is 7.07. The summed E-state index contributed by atoms with van der Waals surface area (Å²) in [5.41, 5.74) is 0.655. The first-order valence-electron chi connectivity index (χ1n) is 4.77. The van der Waals surface area contributed by atoms with E-state index in [0.717, 1.165) is 5.75 Å². The van der Waals surface area contributed by atoms with E-state index in [-0.39, 0.29) is 5.78 Å². The van der Waals surface area contributed by atoms with Gasteiger partial charge in [-0.2, -0.15) is 0 Å². The van der Waals surface area contributed by atoms with Gasteiger partial charge in [-0.15, -0.1) is 11.8 Å². The van der Waals surface area contributed by atoms with Gasteiger partial charge in [0.1, 0.15) is 0 Å². The highest BCUT2D eigenvalue weighted by Crippen LogP contribution is 2.38. The Kier molecular flexibility index (Phi) is 2.98. The van der Waals surface area contributed by atoms with Gasteiger partial charge in [0.2, 0.25) is 0 Å². The number of Topliss-reactive ketones (excluding diaryl/α,β-unsaturated/α-hetero) is 1. The van der Waals surface area contributed by atoms with Crippen molar-refractivity contribution in [3.63, 3.8) is 0 Å². The Morgan fingerprint density at radius 2 is 2.07 bits per heavy atom. The van der Waals surface area contributed by atoms with Crippen LogP contribution in [0.3, 0.4) is 0 Å². The molecule has 1 unspecified atom stereocenters. The lowest BCUT2D eigenvalue weighted by molar-refractivity contribution is 0.0983. The Morgan fingerprint density at radius 3 is 2.60 bits per heavy atom. The average molecular weight is 240 g/mol. The summed E-state index contributed by atoms with van der Waals surface area (Å²) in [5.74, 6) is 1.42. The van der Waals surface area contributed by atoms with Gasteiger partial charge < -0.3 is 0 Å². The number of ketones is 1. The molecule has 0 N–H and O–H groups in total. The molecule has 15 heavy (non-hydrogen) atoms. The van der Waals surface area contributed by atoms with Crippen molar-refractivity contribution in [3.05, 3.63) is 35.9 Å². The normalized spacial score (nSPS) is 30.3. The molecule has 0 aliphatic carbocycles. The Balaban J connectivity index is 2.33. The van der Waals surface area contributed by atoms with Crippen molar-refractivity contribution in [3.8, 4) is 0 Å². The van der Waals surface area contributed by atoms with E-state index < -0.39 is 14.9 Å². The third kappa shape index (κ3) is 1.88. The van der Waals surface area contributed by atoms with E-state index >= 15 is 0 Å². The van der Waals surface area contributed by atoms with Gasteiger partial charge in [-0.3, -0.25) is 9.00 Å². The van der Waals surface area contributed by atoms with Crippen LogP contribution in [0.5, 0.6) is 0 Å². The molecule has 1 aliphatic heterocycles. The van der Waals surface area contributed by atoms with Crippen LogP contribution in [0.15, 0.2) is 30.3 Å². The lowest BCUT2D eigenvalue weighted by atomic mass is 10.1. The third-order valence-corrected chi connectivity index (χ3v) is 6.47. The Hall–Kier alpha value is -0.610. The topological polar surface area (TPSA) is 34.1 Å². The lowest BCUT2D eigenvalue weighted by Gasteiger charge is -2.19. The van der Waals surface area contributed by atoms with Gasteiger partial charge in [-0.25, -0.2) is 0 Å². The van der Waals surface area contributed by atoms with Crippen molar-refractivity contribution in [2.45, 2.75) is 11.0 Å². The number of rotatable bonds is 2. The van der Waals surface area contributed by atoms with Crippen LogP contribution in [0.4, 0.5) is 0 Å². The Bertz CT molecular complexity index is 402. The third-order valence-electron chi connectivity index (χ3n) is 2.53. The van der Waals surface area contributed by atoms with Gasteiger partial charge in [0.25, 0.3) is 0 Å². The van der Waals surface area contributed by atoms with Crippen LogP contribution < -0.4 is 0 Å². The second-order valence-corrected chi connectivity index (χ2v) is 7.23. The summed E-state index contributed by atoms with van der Waals surface area (Å²) in [7, 11) is -1.04. The molecular weight excluding hydrogens is 228 g/mol. The maximum Gasteiger partial charge on any atom is 0.191 e.